The van der Waals surface area contributed by atoms with Crippen molar-refractivity contribution in [1.29, 1.82) is 0 Å². The predicted octanol–water partition coefficient (Wildman–Crippen LogP) is 1.74. The van der Waals surface area contributed by atoms with Gasteiger partial charge in [0, 0.05) is 32.4 Å². The van der Waals surface area contributed by atoms with Crippen LogP contribution in [0.4, 0.5) is 5.82 Å². The molecule has 3 N–H and O–H groups in total. The van der Waals surface area contributed by atoms with E-state index in [1.165, 1.54) is 12.8 Å². The van der Waals surface area contributed by atoms with Crippen LogP contribution >= 0.6 is 24.0 Å². The molecule has 1 aliphatic heterocycles. The molecule has 0 saturated carbocycles. The molecule has 1 aromatic rings. The zero-order valence-electron chi connectivity index (χ0n) is 13.3. The van der Waals surface area contributed by atoms with Crippen molar-refractivity contribution in [3.63, 3.8) is 0 Å². The van der Waals surface area contributed by atoms with Gasteiger partial charge in [0.2, 0.25) is 0 Å². The Bertz CT molecular complexity index is 460. The molecule has 1 aromatic heterocycles. The minimum absolute atomic E-state index is 0. The molecule has 1 aliphatic rings. The highest BCUT2D eigenvalue weighted by atomic mass is 127. The van der Waals surface area contributed by atoms with Gasteiger partial charge in [-0.15, -0.1) is 24.0 Å². The van der Waals surface area contributed by atoms with Crippen molar-refractivity contribution in [3.05, 3.63) is 23.9 Å². The summed E-state index contributed by atoms with van der Waals surface area (Å²) in [5, 5.41) is 3.08. The summed E-state index contributed by atoms with van der Waals surface area (Å²) in [5.41, 5.74) is 6.89. The molecule has 7 heteroatoms. The summed E-state index contributed by atoms with van der Waals surface area (Å²) >= 11 is 0. The van der Waals surface area contributed by atoms with E-state index in [0.717, 1.165) is 24.5 Å². The number of guanidine groups is 1. The predicted molar refractivity (Wildman–Crippen MR) is 101 cm³/mol. The zero-order chi connectivity index (χ0) is 15.1. The Hall–Kier alpha value is -1.09. The van der Waals surface area contributed by atoms with Gasteiger partial charge in [-0.2, -0.15) is 0 Å². The summed E-state index contributed by atoms with van der Waals surface area (Å²) in [6.07, 6.45) is 4.40. The molecule has 1 fully saturated rings. The first-order valence-corrected chi connectivity index (χ1v) is 7.44. The molecule has 0 spiro atoms. The summed E-state index contributed by atoms with van der Waals surface area (Å²) in [6.45, 7) is 5.35. The van der Waals surface area contributed by atoms with Gasteiger partial charge < -0.3 is 20.7 Å². The van der Waals surface area contributed by atoms with E-state index in [1.807, 2.05) is 13.1 Å². The number of ether oxygens (including phenoxy) is 1. The molecule has 0 bridgehead atoms. The highest BCUT2D eigenvalue weighted by Crippen LogP contribution is 2.17. The third kappa shape index (κ3) is 5.96. The van der Waals surface area contributed by atoms with Crippen molar-refractivity contribution in [2.24, 2.45) is 10.7 Å². The second-order valence-electron chi connectivity index (χ2n) is 5.42. The van der Waals surface area contributed by atoms with Crippen molar-refractivity contribution in [3.8, 4) is 0 Å². The van der Waals surface area contributed by atoms with Gasteiger partial charge in [0.1, 0.15) is 5.82 Å². The number of nitrogens with two attached hydrogens (primary N) is 1. The molecule has 0 amide bonds. The molecule has 0 aliphatic carbocycles. The van der Waals surface area contributed by atoms with Crippen molar-refractivity contribution in [2.45, 2.75) is 32.4 Å². The highest BCUT2D eigenvalue weighted by Gasteiger charge is 2.12. The molecular weight excluding hydrogens is 393 g/mol. The van der Waals surface area contributed by atoms with Crippen LogP contribution in [-0.4, -0.2) is 43.8 Å². The second kappa shape index (κ2) is 9.83. The first-order valence-electron chi connectivity index (χ1n) is 7.44. The summed E-state index contributed by atoms with van der Waals surface area (Å²) in [4.78, 5) is 11.1. The summed E-state index contributed by atoms with van der Waals surface area (Å²) < 4.78 is 5.04. The number of nitrogens with one attached hydrogen (secondary N) is 1. The standard InChI is InChI=1S/C15H25N5O.HI/c1-12(11-21-2)19-15(16)18-10-13-5-6-14(17-9-13)20-7-3-4-8-20;/h5-6,9,12H,3-4,7-8,10-11H2,1-2H3,(H3,16,18,19);1H. The van der Waals surface area contributed by atoms with E-state index < -0.39 is 0 Å². The Labute approximate surface area is 149 Å². The van der Waals surface area contributed by atoms with Gasteiger partial charge in [-0.1, -0.05) is 6.07 Å². The number of nitrogens with zero attached hydrogens (tertiary/aromatic N) is 3. The molecule has 1 atom stereocenters. The zero-order valence-corrected chi connectivity index (χ0v) is 15.6. The number of pyridine rings is 1. The largest absolute Gasteiger partial charge is 0.383 e. The lowest BCUT2D eigenvalue weighted by Crippen LogP contribution is -2.40. The van der Waals surface area contributed by atoms with Gasteiger partial charge in [-0.05, 0) is 31.4 Å². The Morgan fingerprint density at radius 2 is 2.18 bits per heavy atom. The maximum atomic E-state index is 5.84. The molecule has 1 unspecified atom stereocenters. The average Bonchev–Trinajstić information content (AvgIpc) is 3.00. The van der Waals surface area contributed by atoms with E-state index in [1.54, 1.807) is 7.11 Å². The van der Waals surface area contributed by atoms with Crippen molar-refractivity contribution in [2.75, 3.05) is 31.7 Å². The minimum Gasteiger partial charge on any atom is -0.383 e. The van der Waals surface area contributed by atoms with Gasteiger partial charge in [-0.3, -0.25) is 0 Å². The van der Waals surface area contributed by atoms with Crippen LogP contribution in [0, 0.1) is 0 Å². The van der Waals surface area contributed by atoms with Crippen molar-refractivity contribution in [1.82, 2.24) is 10.3 Å². The fraction of sp³-hybridized carbons (Fsp3) is 0.600. The molecule has 22 heavy (non-hydrogen) atoms. The van der Waals surface area contributed by atoms with Crippen LogP contribution in [0.3, 0.4) is 0 Å². The molecule has 2 rings (SSSR count). The Morgan fingerprint density at radius 3 is 2.77 bits per heavy atom. The van der Waals surface area contributed by atoms with Gasteiger partial charge in [-0.25, -0.2) is 9.98 Å². The van der Waals surface area contributed by atoms with E-state index in [2.05, 4.69) is 32.3 Å². The van der Waals surface area contributed by atoms with Crippen LogP contribution in [0.5, 0.6) is 0 Å². The van der Waals surface area contributed by atoms with E-state index in [4.69, 9.17) is 10.5 Å². The fourth-order valence-corrected chi connectivity index (χ4v) is 2.41. The summed E-state index contributed by atoms with van der Waals surface area (Å²) in [7, 11) is 1.67. The van der Waals surface area contributed by atoms with E-state index in [0.29, 0.717) is 19.1 Å². The number of methoxy groups -OCH3 is 1. The maximum Gasteiger partial charge on any atom is 0.189 e. The number of aliphatic imine (C=N–C) groups is 1. The van der Waals surface area contributed by atoms with Crippen LogP contribution in [0.1, 0.15) is 25.3 Å². The Morgan fingerprint density at radius 1 is 1.45 bits per heavy atom. The average molecular weight is 419 g/mol. The number of halogens is 1. The number of hydrogen-bond donors (Lipinski definition) is 2. The van der Waals surface area contributed by atoms with Crippen molar-refractivity contribution < 1.29 is 4.74 Å². The van der Waals surface area contributed by atoms with Crippen LogP contribution in [0.2, 0.25) is 0 Å². The first-order chi connectivity index (χ1) is 10.2. The Kier molecular flexibility index (Phi) is 8.47. The molecular formula is C15H26IN5O. The van der Waals surface area contributed by atoms with E-state index in [9.17, 15) is 0 Å². The third-order valence-electron chi connectivity index (χ3n) is 3.48. The number of rotatable bonds is 6. The summed E-state index contributed by atoms with van der Waals surface area (Å²) in [6, 6.07) is 4.28. The van der Waals surface area contributed by atoms with Crippen LogP contribution in [-0.2, 0) is 11.3 Å². The smallest absolute Gasteiger partial charge is 0.189 e. The van der Waals surface area contributed by atoms with Crippen LogP contribution in [0.15, 0.2) is 23.3 Å². The molecule has 124 valence electrons. The van der Waals surface area contributed by atoms with E-state index >= 15 is 0 Å². The normalized spacial score (nSPS) is 16.3. The molecule has 0 radical (unpaired) electrons. The molecule has 1 saturated heterocycles. The third-order valence-corrected chi connectivity index (χ3v) is 3.48. The van der Waals surface area contributed by atoms with Crippen molar-refractivity contribution >= 4 is 35.8 Å². The Balaban J connectivity index is 0.00000242. The second-order valence-corrected chi connectivity index (χ2v) is 5.42. The molecule has 2 heterocycles. The number of hydrogen-bond acceptors (Lipinski definition) is 4. The summed E-state index contributed by atoms with van der Waals surface area (Å²) in [5.74, 6) is 1.49. The van der Waals surface area contributed by atoms with Crippen LogP contribution < -0.4 is 16.0 Å². The van der Waals surface area contributed by atoms with Gasteiger partial charge in [0.05, 0.1) is 13.2 Å². The fourth-order valence-electron chi connectivity index (χ4n) is 2.41. The van der Waals surface area contributed by atoms with Gasteiger partial charge in [0.25, 0.3) is 0 Å². The molecule has 6 nitrogen and oxygen atoms in total. The van der Waals surface area contributed by atoms with Crippen LogP contribution in [0.25, 0.3) is 0 Å². The number of aromatic nitrogens is 1. The topological polar surface area (TPSA) is 75.8 Å². The maximum absolute atomic E-state index is 5.84. The van der Waals surface area contributed by atoms with E-state index in [-0.39, 0.29) is 30.0 Å². The lowest BCUT2D eigenvalue weighted by molar-refractivity contribution is 0.179. The van der Waals surface area contributed by atoms with Gasteiger partial charge >= 0.3 is 0 Å². The number of anilines is 1. The lowest BCUT2D eigenvalue weighted by Gasteiger charge is -2.16. The minimum atomic E-state index is 0. The lowest BCUT2D eigenvalue weighted by atomic mass is 10.3. The monoisotopic (exact) mass is 419 g/mol. The van der Waals surface area contributed by atoms with Gasteiger partial charge in [0.15, 0.2) is 5.96 Å². The quantitative estimate of drug-likeness (QED) is 0.418. The highest BCUT2D eigenvalue weighted by molar-refractivity contribution is 14.0. The SMILES string of the molecule is COCC(C)NC(N)=NCc1ccc(N2CCCC2)nc1.I. The first kappa shape index (κ1) is 19.0. The molecule has 0 aromatic carbocycles.